The van der Waals surface area contributed by atoms with E-state index in [2.05, 4.69) is 28.5 Å². The maximum atomic E-state index is 9.17. The average Bonchev–Trinajstić information content (AvgIpc) is 3.23. The van der Waals surface area contributed by atoms with E-state index in [0.717, 1.165) is 11.3 Å². The Morgan fingerprint density at radius 3 is 2.78 bits per heavy atom. The first-order valence-electron chi connectivity index (χ1n) is 7.25. The molecular formula is C18H15N3OS. The first-order valence-corrected chi connectivity index (χ1v) is 8.13. The van der Waals surface area contributed by atoms with Crippen molar-refractivity contribution in [3.63, 3.8) is 0 Å². The van der Waals surface area contributed by atoms with Crippen LogP contribution in [-0.4, -0.2) is 11.5 Å². The van der Waals surface area contributed by atoms with Crippen molar-refractivity contribution in [1.82, 2.24) is 4.98 Å². The number of anilines is 1. The summed E-state index contributed by atoms with van der Waals surface area (Å²) in [5, 5.41) is 14.3. The Labute approximate surface area is 138 Å². The summed E-state index contributed by atoms with van der Waals surface area (Å²) in [6.45, 7) is 0.683. The summed E-state index contributed by atoms with van der Waals surface area (Å²) in [6.07, 6.45) is 4.55. The molecule has 5 heteroatoms. The zero-order valence-electron chi connectivity index (χ0n) is 12.4. The smallest absolute Gasteiger partial charge is 0.232 e. The molecule has 0 atom stereocenters. The lowest BCUT2D eigenvalue weighted by atomic mass is 10.1. The number of hydrogen-bond acceptors (Lipinski definition) is 5. The molecule has 1 aromatic carbocycles. The highest BCUT2D eigenvalue weighted by molar-refractivity contribution is 7.10. The highest BCUT2D eigenvalue weighted by atomic mass is 32.1. The second-order valence-electron chi connectivity index (χ2n) is 4.85. The molecule has 114 valence electrons. The number of hydrogen-bond donors (Lipinski definition) is 1. The van der Waals surface area contributed by atoms with Crippen LogP contribution in [0.3, 0.4) is 0 Å². The molecule has 0 amide bonds. The van der Waals surface area contributed by atoms with Gasteiger partial charge in [0.05, 0.1) is 0 Å². The third kappa shape index (κ3) is 4.09. The van der Waals surface area contributed by atoms with Crippen LogP contribution in [0.15, 0.2) is 52.3 Å². The number of thiophene rings is 1. The monoisotopic (exact) mass is 321 g/mol. The summed E-state index contributed by atoms with van der Waals surface area (Å²) in [6, 6.07) is 16.2. The van der Waals surface area contributed by atoms with Crippen molar-refractivity contribution >= 4 is 29.4 Å². The van der Waals surface area contributed by atoms with Gasteiger partial charge in [0.2, 0.25) is 17.5 Å². The van der Waals surface area contributed by atoms with E-state index in [-0.39, 0.29) is 5.69 Å². The molecule has 0 saturated heterocycles. The van der Waals surface area contributed by atoms with Crippen molar-refractivity contribution in [2.75, 3.05) is 11.9 Å². The third-order valence-electron chi connectivity index (χ3n) is 3.23. The van der Waals surface area contributed by atoms with Crippen LogP contribution < -0.4 is 5.32 Å². The normalized spacial score (nSPS) is 10.7. The summed E-state index contributed by atoms with van der Waals surface area (Å²) in [5.74, 6) is 0.853. The molecule has 0 saturated carbocycles. The van der Waals surface area contributed by atoms with E-state index in [1.807, 2.05) is 41.8 Å². The molecule has 0 spiro atoms. The van der Waals surface area contributed by atoms with Gasteiger partial charge in [0.25, 0.3) is 0 Å². The number of benzene rings is 1. The highest BCUT2D eigenvalue weighted by Crippen LogP contribution is 2.19. The van der Waals surface area contributed by atoms with E-state index in [1.165, 1.54) is 5.56 Å². The Balaban J connectivity index is 1.64. The van der Waals surface area contributed by atoms with Crippen LogP contribution in [0.5, 0.6) is 0 Å². The van der Waals surface area contributed by atoms with E-state index < -0.39 is 0 Å². The van der Waals surface area contributed by atoms with Gasteiger partial charge in [0, 0.05) is 17.5 Å². The van der Waals surface area contributed by atoms with Gasteiger partial charge >= 0.3 is 0 Å². The minimum atomic E-state index is 0.281. The van der Waals surface area contributed by atoms with E-state index >= 15 is 0 Å². The summed E-state index contributed by atoms with van der Waals surface area (Å²) in [7, 11) is 0. The highest BCUT2D eigenvalue weighted by Gasteiger charge is 2.10. The van der Waals surface area contributed by atoms with Gasteiger partial charge in [-0.15, -0.1) is 11.3 Å². The lowest BCUT2D eigenvalue weighted by molar-refractivity contribution is 0.558. The van der Waals surface area contributed by atoms with Crippen molar-refractivity contribution in [2.45, 2.75) is 6.42 Å². The largest absolute Gasteiger partial charge is 0.420 e. The van der Waals surface area contributed by atoms with Crippen molar-refractivity contribution < 1.29 is 4.42 Å². The van der Waals surface area contributed by atoms with Crippen molar-refractivity contribution in [1.29, 1.82) is 5.26 Å². The van der Waals surface area contributed by atoms with Crippen molar-refractivity contribution in [3.8, 4) is 6.07 Å². The predicted octanol–water partition coefficient (Wildman–Crippen LogP) is 4.43. The zero-order chi connectivity index (χ0) is 15.9. The van der Waals surface area contributed by atoms with Crippen LogP contribution in [0.1, 0.15) is 22.0 Å². The maximum Gasteiger partial charge on any atom is 0.232 e. The van der Waals surface area contributed by atoms with Crippen molar-refractivity contribution in [2.24, 2.45) is 0 Å². The molecule has 1 N–H and O–H groups in total. The summed E-state index contributed by atoms with van der Waals surface area (Å²) >= 11 is 1.63. The first kappa shape index (κ1) is 15.1. The standard InChI is InChI=1S/C18H15N3OS/c19-13-16-18(20-11-10-14-5-2-1-3-6-14)22-17(21-16)9-8-15-7-4-12-23-15/h1-9,12,20H,10-11H2/b9-8+. The van der Waals surface area contributed by atoms with Gasteiger partial charge in [0.1, 0.15) is 6.07 Å². The molecule has 4 nitrogen and oxygen atoms in total. The molecule has 0 aliphatic heterocycles. The number of nitriles is 1. The van der Waals surface area contributed by atoms with Crippen LogP contribution in [0.2, 0.25) is 0 Å². The van der Waals surface area contributed by atoms with E-state index in [9.17, 15) is 0 Å². The molecule has 2 heterocycles. The van der Waals surface area contributed by atoms with Gasteiger partial charge in [-0.05, 0) is 29.5 Å². The van der Waals surface area contributed by atoms with Gasteiger partial charge in [0.15, 0.2) is 0 Å². The van der Waals surface area contributed by atoms with E-state index in [0.29, 0.717) is 18.3 Å². The lowest BCUT2D eigenvalue weighted by Gasteiger charge is -2.02. The molecule has 3 aromatic rings. The van der Waals surface area contributed by atoms with Crippen LogP contribution in [0, 0.1) is 11.3 Å². The van der Waals surface area contributed by atoms with Crippen molar-refractivity contribution in [3.05, 3.63) is 69.9 Å². The molecule has 2 aromatic heterocycles. The molecule has 3 rings (SSSR count). The fraction of sp³-hybridized carbons (Fsp3) is 0.111. The quantitative estimate of drug-likeness (QED) is 0.729. The van der Waals surface area contributed by atoms with Gasteiger partial charge in [-0.3, -0.25) is 0 Å². The fourth-order valence-corrected chi connectivity index (χ4v) is 2.73. The molecule has 0 bridgehead atoms. The Bertz CT molecular complexity index is 814. The second kappa shape index (κ2) is 7.43. The molecular weight excluding hydrogens is 306 g/mol. The van der Waals surface area contributed by atoms with Gasteiger partial charge < -0.3 is 9.73 Å². The molecule has 0 radical (unpaired) electrons. The predicted molar refractivity (Wildman–Crippen MR) is 93.1 cm³/mol. The molecule has 0 fully saturated rings. The Kier molecular flexibility index (Phi) is 4.87. The molecule has 0 unspecified atom stereocenters. The van der Waals surface area contributed by atoms with Crippen LogP contribution >= 0.6 is 11.3 Å². The topological polar surface area (TPSA) is 61.9 Å². The average molecular weight is 321 g/mol. The number of nitrogens with one attached hydrogen (secondary N) is 1. The minimum Gasteiger partial charge on any atom is -0.420 e. The first-order chi connectivity index (χ1) is 11.3. The maximum absolute atomic E-state index is 9.17. The Morgan fingerprint density at radius 2 is 2.04 bits per heavy atom. The fourth-order valence-electron chi connectivity index (χ4n) is 2.11. The number of aromatic nitrogens is 1. The number of rotatable bonds is 6. The molecule has 0 aliphatic rings. The second-order valence-corrected chi connectivity index (χ2v) is 5.83. The van der Waals surface area contributed by atoms with Crippen LogP contribution in [0.4, 0.5) is 5.88 Å². The molecule has 23 heavy (non-hydrogen) atoms. The van der Waals surface area contributed by atoms with E-state index in [1.54, 1.807) is 17.4 Å². The van der Waals surface area contributed by atoms with E-state index in [4.69, 9.17) is 9.68 Å². The summed E-state index contributed by atoms with van der Waals surface area (Å²) in [4.78, 5) is 5.29. The van der Waals surface area contributed by atoms with Gasteiger partial charge in [-0.2, -0.15) is 10.2 Å². The Morgan fingerprint density at radius 1 is 1.17 bits per heavy atom. The summed E-state index contributed by atoms with van der Waals surface area (Å²) in [5.41, 5.74) is 1.51. The van der Waals surface area contributed by atoms with Crippen LogP contribution in [-0.2, 0) is 6.42 Å². The third-order valence-corrected chi connectivity index (χ3v) is 4.06. The lowest BCUT2D eigenvalue weighted by Crippen LogP contribution is -2.05. The Hall–Kier alpha value is -2.84. The number of nitrogens with zero attached hydrogens (tertiary/aromatic N) is 2. The SMILES string of the molecule is N#Cc1nc(/C=C/c2cccs2)oc1NCCc1ccccc1. The van der Waals surface area contributed by atoms with Gasteiger partial charge in [-0.1, -0.05) is 36.4 Å². The zero-order valence-corrected chi connectivity index (χ0v) is 13.2. The summed E-state index contributed by atoms with van der Waals surface area (Å²) < 4.78 is 5.62. The molecule has 0 aliphatic carbocycles. The number of oxazole rings is 1. The minimum absolute atomic E-state index is 0.281. The van der Waals surface area contributed by atoms with Gasteiger partial charge in [-0.25, -0.2) is 0 Å². The van der Waals surface area contributed by atoms with Crippen LogP contribution in [0.25, 0.3) is 12.2 Å².